The highest BCUT2D eigenvalue weighted by molar-refractivity contribution is 6.26. The SMILES string of the molecule is O=C(CCl)OCc1ccc2ccccc2c1. The average Bonchev–Trinajstić information content (AvgIpc) is 2.35. The Morgan fingerprint density at radius 2 is 1.88 bits per heavy atom. The first kappa shape index (κ1) is 11.0. The van der Waals surface area contributed by atoms with E-state index in [0.29, 0.717) is 0 Å². The van der Waals surface area contributed by atoms with Crippen molar-refractivity contribution in [2.75, 3.05) is 5.88 Å². The topological polar surface area (TPSA) is 26.3 Å². The van der Waals surface area contributed by atoms with Gasteiger partial charge >= 0.3 is 5.97 Å². The smallest absolute Gasteiger partial charge is 0.321 e. The normalized spacial score (nSPS) is 10.3. The number of hydrogen-bond donors (Lipinski definition) is 0. The van der Waals surface area contributed by atoms with Crippen molar-refractivity contribution in [1.82, 2.24) is 0 Å². The second-order valence-corrected chi connectivity index (χ2v) is 3.74. The van der Waals surface area contributed by atoms with Gasteiger partial charge in [0.05, 0.1) is 0 Å². The molecule has 0 aliphatic heterocycles. The predicted molar refractivity (Wildman–Crippen MR) is 64.5 cm³/mol. The summed E-state index contributed by atoms with van der Waals surface area (Å²) in [4.78, 5) is 10.9. The fourth-order valence-electron chi connectivity index (χ4n) is 1.53. The Bertz CT molecular complexity index is 508. The van der Waals surface area contributed by atoms with Crippen molar-refractivity contribution in [2.45, 2.75) is 6.61 Å². The third-order valence-corrected chi connectivity index (χ3v) is 2.54. The number of fused-ring (bicyclic) bond motifs is 1. The minimum Gasteiger partial charge on any atom is -0.460 e. The van der Waals surface area contributed by atoms with Crippen LogP contribution in [0, 0.1) is 0 Å². The number of esters is 1. The molecule has 2 nitrogen and oxygen atoms in total. The number of benzene rings is 2. The van der Waals surface area contributed by atoms with Crippen LogP contribution >= 0.6 is 11.6 Å². The summed E-state index contributed by atoms with van der Waals surface area (Å²) in [7, 11) is 0. The fraction of sp³-hybridized carbons (Fsp3) is 0.154. The minimum atomic E-state index is -0.394. The van der Waals surface area contributed by atoms with E-state index in [4.69, 9.17) is 16.3 Å². The lowest BCUT2D eigenvalue weighted by atomic mass is 10.1. The summed E-state index contributed by atoms with van der Waals surface area (Å²) < 4.78 is 4.96. The summed E-state index contributed by atoms with van der Waals surface area (Å²) in [6, 6.07) is 14.0. The van der Waals surface area contributed by atoms with Gasteiger partial charge in [0.15, 0.2) is 0 Å². The van der Waals surface area contributed by atoms with Crippen molar-refractivity contribution in [1.29, 1.82) is 0 Å². The van der Waals surface area contributed by atoms with Crippen LogP contribution in [-0.2, 0) is 16.1 Å². The van der Waals surface area contributed by atoms with Crippen molar-refractivity contribution >= 4 is 28.3 Å². The molecule has 0 fully saturated rings. The van der Waals surface area contributed by atoms with E-state index in [1.807, 2.05) is 42.5 Å². The fourth-order valence-corrected chi connectivity index (χ4v) is 1.61. The number of hydrogen-bond acceptors (Lipinski definition) is 2. The van der Waals surface area contributed by atoms with Crippen LogP contribution in [0.1, 0.15) is 5.56 Å². The first-order valence-electron chi connectivity index (χ1n) is 4.99. The molecule has 0 aliphatic rings. The van der Waals surface area contributed by atoms with Crippen LogP contribution in [0.25, 0.3) is 10.8 Å². The summed E-state index contributed by atoms with van der Waals surface area (Å²) >= 11 is 5.34. The Morgan fingerprint density at radius 3 is 2.62 bits per heavy atom. The van der Waals surface area contributed by atoms with Gasteiger partial charge in [-0.25, -0.2) is 0 Å². The van der Waals surface area contributed by atoms with E-state index < -0.39 is 5.97 Å². The van der Waals surface area contributed by atoms with Crippen molar-refractivity contribution in [2.24, 2.45) is 0 Å². The van der Waals surface area contributed by atoms with Crippen LogP contribution in [-0.4, -0.2) is 11.8 Å². The lowest BCUT2D eigenvalue weighted by molar-refractivity contribution is -0.141. The molecular formula is C13H11ClO2. The van der Waals surface area contributed by atoms with E-state index in [1.165, 1.54) is 5.39 Å². The molecule has 0 bridgehead atoms. The summed E-state index contributed by atoms with van der Waals surface area (Å²) in [6.07, 6.45) is 0. The number of halogens is 1. The molecule has 0 amide bonds. The summed E-state index contributed by atoms with van der Waals surface area (Å²) in [5.74, 6) is -0.497. The Hall–Kier alpha value is -1.54. The summed E-state index contributed by atoms with van der Waals surface area (Å²) in [5.41, 5.74) is 0.970. The van der Waals surface area contributed by atoms with Crippen molar-refractivity contribution in [3.8, 4) is 0 Å². The third-order valence-electron chi connectivity index (χ3n) is 2.32. The number of carbonyl (C=O) groups excluding carboxylic acids is 1. The van der Waals surface area contributed by atoms with Crippen molar-refractivity contribution in [3.63, 3.8) is 0 Å². The first-order valence-corrected chi connectivity index (χ1v) is 5.52. The number of ether oxygens (including phenoxy) is 1. The zero-order valence-electron chi connectivity index (χ0n) is 8.65. The van der Waals surface area contributed by atoms with Crippen LogP contribution in [0.4, 0.5) is 0 Å². The van der Waals surface area contributed by atoms with E-state index in [2.05, 4.69) is 0 Å². The largest absolute Gasteiger partial charge is 0.460 e. The van der Waals surface area contributed by atoms with Crippen LogP contribution in [0.2, 0.25) is 0 Å². The molecule has 2 aromatic rings. The second kappa shape index (κ2) is 4.99. The number of alkyl halides is 1. The van der Waals surface area contributed by atoms with E-state index >= 15 is 0 Å². The Balaban J connectivity index is 2.16. The molecule has 0 aliphatic carbocycles. The number of rotatable bonds is 3. The van der Waals surface area contributed by atoms with Gasteiger partial charge in [-0.1, -0.05) is 36.4 Å². The van der Waals surface area contributed by atoms with E-state index in [1.54, 1.807) is 0 Å². The molecule has 2 aromatic carbocycles. The molecule has 0 heterocycles. The van der Waals surface area contributed by atoms with Crippen molar-refractivity contribution in [3.05, 3.63) is 48.0 Å². The quantitative estimate of drug-likeness (QED) is 0.603. The Morgan fingerprint density at radius 1 is 1.12 bits per heavy atom. The molecule has 3 heteroatoms. The maximum absolute atomic E-state index is 10.9. The molecule has 0 aromatic heterocycles. The predicted octanol–water partition coefficient (Wildman–Crippen LogP) is 3.12. The molecule has 82 valence electrons. The molecule has 0 saturated carbocycles. The van der Waals surface area contributed by atoms with Gasteiger partial charge in [-0.15, -0.1) is 11.6 Å². The van der Waals surface area contributed by atoms with Crippen LogP contribution < -0.4 is 0 Å². The zero-order chi connectivity index (χ0) is 11.4. The van der Waals surface area contributed by atoms with E-state index in [0.717, 1.165) is 10.9 Å². The first-order chi connectivity index (χ1) is 7.79. The van der Waals surface area contributed by atoms with Crippen LogP contribution in [0.3, 0.4) is 0 Å². The van der Waals surface area contributed by atoms with E-state index in [9.17, 15) is 4.79 Å². The summed E-state index contributed by atoms with van der Waals surface area (Å²) in [5, 5.41) is 2.32. The third kappa shape index (κ3) is 2.52. The molecule has 0 unspecified atom stereocenters. The molecule has 0 spiro atoms. The van der Waals surface area contributed by atoms with Gasteiger partial charge in [-0.05, 0) is 22.4 Å². The molecule has 2 rings (SSSR count). The average molecular weight is 235 g/mol. The monoisotopic (exact) mass is 234 g/mol. The van der Waals surface area contributed by atoms with Gasteiger partial charge in [0, 0.05) is 0 Å². The molecule has 0 atom stereocenters. The lowest BCUT2D eigenvalue weighted by Crippen LogP contribution is -2.05. The van der Waals surface area contributed by atoms with Crippen LogP contribution in [0.15, 0.2) is 42.5 Å². The highest BCUT2D eigenvalue weighted by atomic mass is 35.5. The van der Waals surface area contributed by atoms with E-state index in [-0.39, 0.29) is 12.5 Å². The van der Waals surface area contributed by atoms with Gasteiger partial charge < -0.3 is 4.74 Å². The lowest BCUT2D eigenvalue weighted by Gasteiger charge is -2.04. The molecule has 16 heavy (non-hydrogen) atoms. The second-order valence-electron chi connectivity index (χ2n) is 3.48. The highest BCUT2D eigenvalue weighted by Crippen LogP contribution is 2.16. The minimum absolute atomic E-state index is 0.104. The Labute approximate surface area is 98.8 Å². The zero-order valence-corrected chi connectivity index (χ0v) is 9.41. The van der Waals surface area contributed by atoms with Gasteiger partial charge in [0.2, 0.25) is 0 Å². The van der Waals surface area contributed by atoms with Gasteiger partial charge in [0.1, 0.15) is 12.5 Å². The van der Waals surface area contributed by atoms with Gasteiger partial charge in [-0.3, -0.25) is 4.79 Å². The van der Waals surface area contributed by atoms with Gasteiger partial charge in [-0.2, -0.15) is 0 Å². The molecule has 0 N–H and O–H groups in total. The number of carbonyl (C=O) groups is 1. The van der Waals surface area contributed by atoms with Crippen LogP contribution in [0.5, 0.6) is 0 Å². The molecule has 0 saturated heterocycles. The van der Waals surface area contributed by atoms with Gasteiger partial charge in [0.25, 0.3) is 0 Å². The maximum Gasteiger partial charge on any atom is 0.321 e. The Kier molecular flexibility index (Phi) is 3.42. The maximum atomic E-state index is 10.9. The molecular weight excluding hydrogens is 224 g/mol. The highest BCUT2D eigenvalue weighted by Gasteiger charge is 2.01. The summed E-state index contributed by atoms with van der Waals surface area (Å²) in [6.45, 7) is 0.274. The molecule has 0 radical (unpaired) electrons. The standard InChI is InChI=1S/C13H11ClO2/c14-8-13(15)16-9-10-5-6-11-3-1-2-4-12(11)7-10/h1-7H,8-9H2. The van der Waals surface area contributed by atoms with Crippen molar-refractivity contribution < 1.29 is 9.53 Å².